The Morgan fingerprint density at radius 2 is 1.80 bits per heavy atom. The number of hydrogen-bond donors (Lipinski definition) is 0. The molecule has 160 valence electrons. The predicted octanol–water partition coefficient (Wildman–Crippen LogP) is 4.17. The zero-order valence-electron chi connectivity index (χ0n) is 17.6. The van der Waals surface area contributed by atoms with E-state index in [1.807, 2.05) is 24.3 Å². The van der Waals surface area contributed by atoms with E-state index < -0.39 is 0 Å². The second kappa shape index (κ2) is 10.4. The molecule has 8 heteroatoms. The predicted molar refractivity (Wildman–Crippen MR) is 117 cm³/mol. The highest BCUT2D eigenvalue weighted by Gasteiger charge is 2.15. The van der Waals surface area contributed by atoms with Gasteiger partial charge in [-0.3, -0.25) is 0 Å². The Balaban J connectivity index is 1.90. The lowest BCUT2D eigenvalue weighted by Gasteiger charge is -2.10. The Bertz CT molecular complexity index is 996. The third-order valence-electron chi connectivity index (χ3n) is 4.52. The third-order valence-corrected chi connectivity index (χ3v) is 5.57. The first-order valence-electron chi connectivity index (χ1n) is 9.60. The van der Waals surface area contributed by atoms with E-state index in [0.717, 1.165) is 33.3 Å². The van der Waals surface area contributed by atoms with E-state index in [4.69, 9.17) is 23.9 Å². The van der Waals surface area contributed by atoms with Crippen LogP contribution in [0.4, 0.5) is 0 Å². The molecule has 7 nitrogen and oxygen atoms in total. The molecule has 0 saturated heterocycles. The molecule has 30 heavy (non-hydrogen) atoms. The van der Waals surface area contributed by atoms with Crippen molar-refractivity contribution in [2.45, 2.75) is 24.4 Å². The molecule has 0 N–H and O–H groups in total. The van der Waals surface area contributed by atoms with Gasteiger partial charge in [0.1, 0.15) is 11.5 Å². The molecule has 0 atom stereocenters. The van der Waals surface area contributed by atoms with Crippen molar-refractivity contribution in [3.63, 3.8) is 0 Å². The van der Waals surface area contributed by atoms with Crippen molar-refractivity contribution in [1.82, 2.24) is 9.55 Å². The van der Waals surface area contributed by atoms with Gasteiger partial charge in [0.05, 0.1) is 44.0 Å². The number of thioether (sulfide) groups is 1. The minimum absolute atomic E-state index is 0.338. The molecule has 0 aliphatic heterocycles. The lowest BCUT2D eigenvalue weighted by molar-refractivity contribution is 0.0526. The van der Waals surface area contributed by atoms with Crippen LogP contribution in [0.25, 0.3) is 11.0 Å². The quantitative estimate of drug-likeness (QED) is 0.353. The van der Waals surface area contributed by atoms with Crippen LogP contribution >= 0.6 is 11.8 Å². The molecule has 0 unspecified atom stereocenters. The summed E-state index contributed by atoms with van der Waals surface area (Å²) in [4.78, 5) is 16.8. The number of fused-ring (bicyclic) bond motifs is 1. The summed E-state index contributed by atoms with van der Waals surface area (Å²) in [6.07, 6.45) is 0. The van der Waals surface area contributed by atoms with Crippen molar-refractivity contribution >= 4 is 28.8 Å². The average Bonchev–Trinajstić information content (AvgIpc) is 3.12. The number of carbonyl (C=O) groups is 1. The fourth-order valence-electron chi connectivity index (χ4n) is 3.06. The molecule has 1 aromatic heterocycles. The van der Waals surface area contributed by atoms with Crippen molar-refractivity contribution in [3.05, 3.63) is 47.5 Å². The smallest absolute Gasteiger partial charge is 0.338 e. The Morgan fingerprint density at radius 1 is 1.07 bits per heavy atom. The third kappa shape index (κ3) is 5.06. The Morgan fingerprint density at radius 3 is 2.43 bits per heavy atom. The topological polar surface area (TPSA) is 71.8 Å². The first kappa shape index (κ1) is 22.0. The fraction of sp³-hybridized carbons (Fsp3) is 0.364. The second-order valence-electron chi connectivity index (χ2n) is 6.47. The highest BCUT2D eigenvalue weighted by Crippen LogP contribution is 2.30. The lowest BCUT2D eigenvalue weighted by Crippen LogP contribution is -2.06. The van der Waals surface area contributed by atoms with E-state index in [0.29, 0.717) is 31.1 Å². The molecular weight excluding hydrogens is 404 g/mol. The van der Waals surface area contributed by atoms with E-state index in [-0.39, 0.29) is 5.97 Å². The summed E-state index contributed by atoms with van der Waals surface area (Å²) in [6.45, 7) is 3.35. The van der Waals surface area contributed by atoms with Gasteiger partial charge in [-0.1, -0.05) is 11.8 Å². The van der Waals surface area contributed by atoms with Gasteiger partial charge in [-0.15, -0.1) is 0 Å². The first-order valence-corrected chi connectivity index (χ1v) is 10.6. The minimum atomic E-state index is -0.344. The summed E-state index contributed by atoms with van der Waals surface area (Å²) in [7, 11) is 4.95. The summed E-state index contributed by atoms with van der Waals surface area (Å²) in [5.41, 5.74) is 3.26. The number of methoxy groups -OCH3 is 3. The maximum absolute atomic E-state index is 12.1. The standard InChI is InChI=1S/C22H26N2O5S/c1-5-29-21(25)16-6-7-20-19(12-16)23-22(24(20)8-9-26-2)30-14-15-10-17(27-3)13-18(11-15)28-4/h6-7,10-13H,5,8-9,14H2,1-4H3. The summed E-state index contributed by atoms with van der Waals surface area (Å²) < 4.78 is 23.2. The second-order valence-corrected chi connectivity index (χ2v) is 7.41. The molecule has 3 rings (SSSR count). The van der Waals surface area contributed by atoms with Gasteiger partial charge in [-0.05, 0) is 42.8 Å². The Kier molecular flexibility index (Phi) is 7.59. The van der Waals surface area contributed by atoms with Crippen molar-refractivity contribution in [2.24, 2.45) is 0 Å². The molecule has 0 aliphatic rings. The number of hydrogen-bond acceptors (Lipinski definition) is 7. The highest BCUT2D eigenvalue weighted by molar-refractivity contribution is 7.98. The van der Waals surface area contributed by atoms with Gasteiger partial charge in [0, 0.05) is 25.5 Å². The molecule has 0 saturated carbocycles. The number of benzene rings is 2. The van der Waals surface area contributed by atoms with Crippen LogP contribution < -0.4 is 9.47 Å². The van der Waals surface area contributed by atoms with Crippen LogP contribution in [0.3, 0.4) is 0 Å². The monoisotopic (exact) mass is 430 g/mol. The normalized spacial score (nSPS) is 10.9. The summed E-state index contributed by atoms with van der Waals surface area (Å²) in [5, 5.41) is 0.852. The number of imidazole rings is 1. The van der Waals surface area contributed by atoms with Gasteiger partial charge >= 0.3 is 5.97 Å². The number of esters is 1. The van der Waals surface area contributed by atoms with Crippen molar-refractivity contribution in [1.29, 1.82) is 0 Å². The van der Waals surface area contributed by atoms with Crippen LogP contribution in [-0.2, 0) is 21.8 Å². The zero-order valence-corrected chi connectivity index (χ0v) is 18.5. The van der Waals surface area contributed by atoms with Crippen LogP contribution in [-0.4, -0.2) is 50.1 Å². The molecule has 0 spiro atoms. The van der Waals surface area contributed by atoms with E-state index in [1.54, 1.807) is 52.1 Å². The number of aromatic nitrogens is 2. The summed E-state index contributed by atoms with van der Waals surface area (Å²) >= 11 is 1.61. The summed E-state index contributed by atoms with van der Waals surface area (Å²) in [5.74, 6) is 1.84. The van der Waals surface area contributed by atoms with Crippen LogP contribution in [0.5, 0.6) is 11.5 Å². The van der Waals surface area contributed by atoms with Crippen LogP contribution in [0.2, 0.25) is 0 Å². The molecule has 0 fully saturated rings. The van der Waals surface area contributed by atoms with Gasteiger partial charge in [0.15, 0.2) is 5.16 Å². The maximum atomic E-state index is 12.1. The molecule has 2 aromatic carbocycles. The number of nitrogens with zero attached hydrogens (tertiary/aromatic N) is 2. The number of ether oxygens (including phenoxy) is 4. The van der Waals surface area contributed by atoms with Gasteiger partial charge in [-0.25, -0.2) is 9.78 Å². The van der Waals surface area contributed by atoms with Gasteiger partial charge in [0.25, 0.3) is 0 Å². The van der Waals surface area contributed by atoms with Crippen LogP contribution in [0, 0.1) is 0 Å². The van der Waals surface area contributed by atoms with Crippen molar-refractivity contribution < 1.29 is 23.7 Å². The molecular formula is C22H26N2O5S. The lowest BCUT2D eigenvalue weighted by atomic mass is 10.2. The largest absolute Gasteiger partial charge is 0.497 e. The Hall–Kier alpha value is -2.71. The molecule has 0 bridgehead atoms. The molecule has 3 aromatic rings. The number of carbonyl (C=O) groups excluding carboxylic acids is 1. The van der Waals surface area contributed by atoms with E-state index in [2.05, 4.69) is 4.57 Å². The Labute approximate surface area is 180 Å². The minimum Gasteiger partial charge on any atom is -0.497 e. The molecule has 0 amide bonds. The molecule has 0 aliphatic carbocycles. The van der Waals surface area contributed by atoms with Gasteiger partial charge in [-0.2, -0.15) is 0 Å². The molecule has 1 heterocycles. The van der Waals surface area contributed by atoms with Crippen molar-refractivity contribution in [3.8, 4) is 11.5 Å². The van der Waals surface area contributed by atoms with E-state index >= 15 is 0 Å². The van der Waals surface area contributed by atoms with Crippen LogP contribution in [0.15, 0.2) is 41.6 Å². The van der Waals surface area contributed by atoms with Gasteiger partial charge in [0.2, 0.25) is 0 Å². The summed E-state index contributed by atoms with van der Waals surface area (Å²) in [6, 6.07) is 11.3. The average molecular weight is 431 g/mol. The van der Waals surface area contributed by atoms with Gasteiger partial charge < -0.3 is 23.5 Å². The first-order chi connectivity index (χ1) is 14.6. The van der Waals surface area contributed by atoms with E-state index in [9.17, 15) is 4.79 Å². The molecule has 0 radical (unpaired) electrons. The number of rotatable bonds is 10. The zero-order chi connectivity index (χ0) is 21.5. The fourth-order valence-corrected chi connectivity index (χ4v) is 4.03. The van der Waals surface area contributed by atoms with Crippen LogP contribution in [0.1, 0.15) is 22.8 Å². The van der Waals surface area contributed by atoms with Crippen molar-refractivity contribution in [2.75, 3.05) is 34.5 Å². The van der Waals surface area contributed by atoms with E-state index in [1.165, 1.54) is 0 Å². The SMILES string of the molecule is CCOC(=O)c1ccc2c(c1)nc(SCc1cc(OC)cc(OC)c1)n2CCOC. The highest BCUT2D eigenvalue weighted by atomic mass is 32.2. The maximum Gasteiger partial charge on any atom is 0.338 e.